The predicted molar refractivity (Wildman–Crippen MR) is 96.8 cm³/mol. The van der Waals surface area contributed by atoms with Crippen LogP contribution in [0, 0.1) is 20.8 Å². The van der Waals surface area contributed by atoms with Gasteiger partial charge in [-0.15, -0.1) is 0 Å². The number of aryl methyl sites for hydroxylation is 2. The van der Waals surface area contributed by atoms with Gasteiger partial charge in [0.25, 0.3) is 5.91 Å². The van der Waals surface area contributed by atoms with Crippen LogP contribution in [0.5, 0.6) is 0 Å². The SMILES string of the molecule is Cc1nc(Sc2ccc(C(=O)Nc3cccnc3)cn2)nc(C)c1C. The number of carbonyl (C=O) groups excluding carboxylic acids is 1. The molecule has 126 valence electrons. The summed E-state index contributed by atoms with van der Waals surface area (Å²) in [4.78, 5) is 29.4. The molecule has 0 fully saturated rings. The first-order chi connectivity index (χ1) is 12.0. The third kappa shape index (κ3) is 4.19. The summed E-state index contributed by atoms with van der Waals surface area (Å²) < 4.78 is 0. The molecule has 0 atom stereocenters. The van der Waals surface area contributed by atoms with Gasteiger partial charge in [-0.2, -0.15) is 0 Å². The van der Waals surface area contributed by atoms with E-state index in [0.29, 0.717) is 16.4 Å². The van der Waals surface area contributed by atoms with E-state index in [4.69, 9.17) is 0 Å². The molecule has 7 heteroatoms. The maximum atomic E-state index is 12.2. The molecule has 3 aromatic heterocycles. The molecule has 0 unspecified atom stereocenters. The molecule has 3 aromatic rings. The molecule has 0 aliphatic rings. The Morgan fingerprint density at radius 2 is 1.80 bits per heavy atom. The van der Waals surface area contributed by atoms with Gasteiger partial charge in [0.1, 0.15) is 5.03 Å². The first-order valence-electron chi connectivity index (χ1n) is 7.70. The van der Waals surface area contributed by atoms with Gasteiger partial charge in [-0.05, 0) is 62.4 Å². The lowest BCUT2D eigenvalue weighted by Crippen LogP contribution is -2.12. The van der Waals surface area contributed by atoms with Crippen LogP contribution < -0.4 is 5.32 Å². The van der Waals surface area contributed by atoms with Crippen molar-refractivity contribution in [1.29, 1.82) is 0 Å². The molecule has 0 radical (unpaired) electrons. The van der Waals surface area contributed by atoms with Gasteiger partial charge in [0.2, 0.25) is 0 Å². The molecule has 0 saturated heterocycles. The fourth-order valence-electron chi connectivity index (χ4n) is 2.10. The maximum Gasteiger partial charge on any atom is 0.257 e. The Hall–Kier alpha value is -2.80. The van der Waals surface area contributed by atoms with Gasteiger partial charge in [0.05, 0.1) is 17.4 Å². The second-order valence-corrected chi connectivity index (χ2v) is 6.47. The Morgan fingerprint density at radius 1 is 1.04 bits per heavy atom. The average Bonchev–Trinajstić information content (AvgIpc) is 2.61. The number of amides is 1. The van der Waals surface area contributed by atoms with Crippen LogP contribution in [0.1, 0.15) is 27.3 Å². The minimum absolute atomic E-state index is 0.227. The summed E-state index contributed by atoms with van der Waals surface area (Å²) in [5.74, 6) is -0.227. The van der Waals surface area contributed by atoms with Gasteiger partial charge in [0.15, 0.2) is 5.16 Å². The van der Waals surface area contributed by atoms with E-state index in [1.165, 1.54) is 11.8 Å². The average molecular weight is 351 g/mol. The molecule has 3 heterocycles. The molecular weight excluding hydrogens is 334 g/mol. The quantitative estimate of drug-likeness (QED) is 0.724. The largest absolute Gasteiger partial charge is 0.321 e. The molecule has 0 spiro atoms. The van der Waals surface area contributed by atoms with Crippen LogP contribution in [-0.2, 0) is 0 Å². The summed E-state index contributed by atoms with van der Waals surface area (Å²) in [6, 6.07) is 7.06. The van der Waals surface area contributed by atoms with E-state index in [1.807, 2.05) is 20.8 Å². The van der Waals surface area contributed by atoms with E-state index < -0.39 is 0 Å². The number of hydrogen-bond donors (Lipinski definition) is 1. The lowest BCUT2D eigenvalue weighted by Gasteiger charge is -2.07. The summed E-state index contributed by atoms with van der Waals surface area (Å²) in [6.07, 6.45) is 4.79. The molecule has 0 aliphatic carbocycles. The van der Waals surface area contributed by atoms with E-state index >= 15 is 0 Å². The fourth-order valence-corrected chi connectivity index (χ4v) is 2.89. The third-order valence-corrected chi connectivity index (χ3v) is 4.54. The van der Waals surface area contributed by atoms with E-state index in [0.717, 1.165) is 22.0 Å². The predicted octanol–water partition coefficient (Wildman–Crippen LogP) is 3.60. The van der Waals surface area contributed by atoms with Crippen molar-refractivity contribution >= 4 is 23.4 Å². The number of nitrogens with one attached hydrogen (secondary N) is 1. The highest BCUT2D eigenvalue weighted by atomic mass is 32.2. The molecular formula is C18H17N5OS. The molecule has 0 bridgehead atoms. The zero-order valence-electron chi connectivity index (χ0n) is 14.1. The van der Waals surface area contributed by atoms with Crippen molar-refractivity contribution in [2.75, 3.05) is 5.32 Å². The van der Waals surface area contributed by atoms with Crippen LogP contribution in [0.15, 0.2) is 53.0 Å². The van der Waals surface area contributed by atoms with Crippen molar-refractivity contribution in [3.8, 4) is 0 Å². The van der Waals surface area contributed by atoms with Crippen LogP contribution in [0.3, 0.4) is 0 Å². The first-order valence-corrected chi connectivity index (χ1v) is 8.51. The molecule has 0 aliphatic heterocycles. The van der Waals surface area contributed by atoms with Crippen molar-refractivity contribution in [3.05, 3.63) is 65.4 Å². The summed E-state index contributed by atoms with van der Waals surface area (Å²) in [5.41, 5.74) is 4.14. The second kappa shape index (κ2) is 7.40. The minimum atomic E-state index is -0.227. The highest BCUT2D eigenvalue weighted by Gasteiger charge is 2.10. The summed E-state index contributed by atoms with van der Waals surface area (Å²) in [6.45, 7) is 5.94. The van der Waals surface area contributed by atoms with Crippen molar-refractivity contribution in [2.45, 2.75) is 31.0 Å². The number of carbonyl (C=O) groups is 1. The molecule has 6 nitrogen and oxygen atoms in total. The Balaban J connectivity index is 1.71. The lowest BCUT2D eigenvalue weighted by atomic mass is 10.2. The number of anilines is 1. The van der Waals surface area contributed by atoms with E-state index in [1.54, 1.807) is 42.9 Å². The number of nitrogens with zero attached hydrogens (tertiary/aromatic N) is 4. The fraction of sp³-hybridized carbons (Fsp3) is 0.167. The number of pyridine rings is 2. The Morgan fingerprint density at radius 3 is 2.40 bits per heavy atom. The molecule has 1 amide bonds. The van der Waals surface area contributed by atoms with Crippen LogP contribution in [-0.4, -0.2) is 25.8 Å². The van der Waals surface area contributed by atoms with E-state index in [9.17, 15) is 4.79 Å². The maximum absolute atomic E-state index is 12.2. The van der Waals surface area contributed by atoms with Crippen LogP contribution in [0.25, 0.3) is 0 Å². The van der Waals surface area contributed by atoms with Gasteiger partial charge >= 0.3 is 0 Å². The van der Waals surface area contributed by atoms with Gasteiger partial charge in [-0.1, -0.05) is 0 Å². The van der Waals surface area contributed by atoms with Crippen molar-refractivity contribution in [3.63, 3.8) is 0 Å². The Labute approximate surface area is 150 Å². The summed E-state index contributed by atoms with van der Waals surface area (Å²) in [7, 11) is 0. The van der Waals surface area contributed by atoms with Gasteiger partial charge in [-0.25, -0.2) is 15.0 Å². The second-order valence-electron chi connectivity index (χ2n) is 5.48. The van der Waals surface area contributed by atoms with Crippen molar-refractivity contribution in [2.24, 2.45) is 0 Å². The zero-order chi connectivity index (χ0) is 17.8. The first kappa shape index (κ1) is 17.0. The van der Waals surface area contributed by atoms with Crippen molar-refractivity contribution in [1.82, 2.24) is 19.9 Å². The van der Waals surface area contributed by atoms with Crippen LogP contribution in [0.4, 0.5) is 5.69 Å². The van der Waals surface area contributed by atoms with Crippen LogP contribution >= 0.6 is 11.8 Å². The van der Waals surface area contributed by atoms with Gasteiger partial charge in [0, 0.05) is 23.8 Å². The van der Waals surface area contributed by atoms with Crippen molar-refractivity contribution < 1.29 is 4.79 Å². The summed E-state index contributed by atoms with van der Waals surface area (Å²) >= 11 is 1.37. The van der Waals surface area contributed by atoms with Gasteiger partial charge < -0.3 is 5.32 Å². The molecule has 1 N–H and O–H groups in total. The molecule has 3 rings (SSSR count). The van der Waals surface area contributed by atoms with Crippen LogP contribution in [0.2, 0.25) is 0 Å². The third-order valence-electron chi connectivity index (χ3n) is 3.73. The van der Waals surface area contributed by atoms with Gasteiger partial charge in [-0.3, -0.25) is 9.78 Å². The van der Waals surface area contributed by atoms with E-state index in [2.05, 4.69) is 25.3 Å². The normalized spacial score (nSPS) is 10.5. The number of hydrogen-bond acceptors (Lipinski definition) is 6. The minimum Gasteiger partial charge on any atom is -0.321 e. The highest BCUT2D eigenvalue weighted by Crippen LogP contribution is 2.24. The number of aromatic nitrogens is 4. The molecule has 0 aromatic carbocycles. The highest BCUT2D eigenvalue weighted by molar-refractivity contribution is 7.99. The number of rotatable bonds is 4. The molecule has 25 heavy (non-hydrogen) atoms. The molecule has 0 saturated carbocycles. The smallest absolute Gasteiger partial charge is 0.257 e. The monoisotopic (exact) mass is 351 g/mol. The summed E-state index contributed by atoms with van der Waals surface area (Å²) in [5, 5.41) is 4.17. The Kier molecular flexibility index (Phi) is 5.04. The standard InChI is InChI=1S/C18H17N5OS/c1-11-12(2)21-18(22-13(11)3)25-16-7-6-14(9-20-16)17(24)23-15-5-4-8-19-10-15/h4-10H,1-3H3,(H,23,24). The van der Waals surface area contributed by atoms with E-state index in [-0.39, 0.29) is 5.91 Å². The Bertz CT molecular complexity index is 874. The topological polar surface area (TPSA) is 80.7 Å². The zero-order valence-corrected chi connectivity index (χ0v) is 15.0. The lowest BCUT2D eigenvalue weighted by molar-refractivity contribution is 0.102.